The second-order valence-corrected chi connectivity index (χ2v) is 3.74. The normalized spacial score (nSPS) is 10.5. The number of hydrogen-bond donors (Lipinski definition) is 1. The molecular formula is C12H14N2O. The number of aromatic hydroxyl groups is 1. The lowest BCUT2D eigenvalue weighted by Crippen LogP contribution is -1.99. The summed E-state index contributed by atoms with van der Waals surface area (Å²) in [6, 6.07) is 5.43. The van der Waals surface area contributed by atoms with E-state index in [2.05, 4.69) is 4.98 Å². The van der Waals surface area contributed by atoms with E-state index < -0.39 is 0 Å². The smallest absolute Gasteiger partial charge is 0.115 e. The Kier molecular flexibility index (Phi) is 2.46. The molecule has 0 aliphatic heterocycles. The minimum Gasteiger partial charge on any atom is -0.508 e. The van der Waals surface area contributed by atoms with Gasteiger partial charge >= 0.3 is 0 Å². The second-order valence-electron chi connectivity index (χ2n) is 3.74. The molecule has 1 heterocycles. The predicted molar refractivity (Wildman–Crippen MR) is 58.9 cm³/mol. The molecule has 0 spiro atoms. The Morgan fingerprint density at radius 2 is 2.20 bits per heavy atom. The van der Waals surface area contributed by atoms with Crippen LogP contribution in [0.15, 0.2) is 30.6 Å². The van der Waals surface area contributed by atoms with Crippen molar-refractivity contribution in [3.05, 3.63) is 47.5 Å². The molecule has 0 bridgehead atoms. The molecule has 0 unspecified atom stereocenters. The first-order valence-electron chi connectivity index (χ1n) is 4.91. The third-order valence-electron chi connectivity index (χ3n) is 2.60. The average molecular weight is 202 g/mol. The summed E-state index contributed by atoms with van der Waals surface area (Å²) in [6.45, 7) is 2.00. The Balaban J connectivity index is 2.29. The van der Waals surface area contributed by atoms with Gasteiger partial charge in [-0.25, -0.2) is 4.98 Å². The van der Waals surface area contributed by atoms with E-state index in [-0.39, 0.29) is 0 Å². The highest BCUT2D eigenvalue weighted by Gasteiger charge is 2.04. The van der Waals surface area contributed by atoms with Crippen LogP contribution in [0.4, 0.5) is 0 Å². The minimum absolute atomic E-state index is 0.316. The molecule has 0 atom stereocenters. The molecule has 0 saturated heterocycles. The van der Waals surface area contributed by atoms with Gasteiger partial charge in [0.1, 0.15) is 11.6 Å². The van der Waals surface area contributed by atoms with Crippen LogP contribution in [0, 0.1) is 6.92 Å². The van der Waals surface area contributed by atoms with E-state index in [1.54, 1.807) is 18.3 Å². The van der Waals surface area contributed by atoms with E-state index in [9.17, 15) is 5.11 Å². The largest absolute Gasteiger partial charge is 0.508 e. The van der Waals surface area contributed by atoms with Crippen LogP contribution in [-0.2, 0) is 13.5 Å². The Morgan fingerprint density at radius 3 is 2.80 bits per heavy atom. The first-order chi connectivity index (χ1) is 7.16. The number of phenols is 1. The van der Waals surface area contributed by atoms with Crippen molar-refractivity contribution in [1.82, 2.24) is 9.55 Å². The van der Waals surface area contributed by atoms with Crippen molar-refractivity contribution in [1.29, 1.82) is 0 Å². The van der Waals surface area contributed by atoms with Crippen LogP contribution in [0.3, 0.4) is 0 Å². The number of benzene rings is 1. The Morgan fingerprint density at radius 1 is 1.40 bits per heavy atom. The molecule has 2 rings (SSSR count). The van der Waals surface area contributed by atoms with E-state index in [4.69, 9.17) is 0 Å². The summed E-state index contributed by atoms with van der Waals surface area (Å²) < 4.78 is 2.01. The molecule has 3 heteroatoms. The lowest BCUT2D eigenvalue weighted by atomic mass is 10.1. The van der Waals surface area contributed by atoms with Crippen molar-refractivity contribution in [3.63, 3.8) is 0 Å². The number of imidazole rings is 1. The highest BCUT2D eigenvalue weighted by molar-refractivity contribution is 5.35. The van der Waals surface area contributed by atoms with Crippen LogP contribution in [0.25, 0.3) is 0 Å². The van der Waals surface area contributed by atoms with Crippen molar-refractivity contribution in [2.45, 2.75) is 13.3 Å². The zero-order valence-electron chi connectivity index (χ0n) is 8.94. The molecule has 0 aliphatic rings. The van der Waals surface area contributed by atoms with E-state index in [1.165, 1.54) is 5.56 Å². The molecule has 0 radical (unpaired) electrons. The van der Waals surface area contributed by atoms with Crippen molar-refractivity contribution < 1.29 is 5.11 Å². The van der Waals surface area contributed by atoms with E-state index in [1.807, 2.05) is 30.8 Å². The molecule has 0 amide bonds. The Hall–Kier alpha value is -1.77. The quantitative estimate of drug-likeness (QED) is 0.809. The topological polar surface area (TPSA) is 38.1 Å². The monoisotopic (exact) mass is 202 g/mol. The van der Waals surface area contributed by atoms with Crippen molar-refractivity contribution in [2.75, 3.05) is 0 Å². The molecule has 0 fully saturated rings. The number of aryl methyl sites for hydroxylation is 2. The fourth-order valence-corrected chi connectivity index (χ4v) is 1.62. The van der Waals surface area contributed by atoms with Crippen LogP contribution < -0.4 is 0 Å². The number of phenolic OH excluding ortho intramolecular Hbond substituents is 1. The maximum atomic E-state index is 9.30. The van der Waals surface area contributed by atoms with Crippen LogP contribution >= 0.6 is 0 Å². The van der Waals surface area contributed by atoms with Gasteiger partial charge in [0.25, 0.3) is 0 Å². The van der Waals surface area contributed by atoms with Gasteiger partial charge in [-0.15, -0.1) is 0 Å². The van der Waals surface area contributed by atoms with Crippen LogP contribution in [-0.4, -0.2) is 14.7 Å². The summed E-state index contributed by atoms with van der Waals surface area (Å²) in [5, 5.41) is 9.30. The molecule has 78 valence electrons. The SMILES string of the molecule is Cc1cc(O)ccc1Cc1nccn1C. The summed E-state index contributed by atoms with van der Waals surface area (Å²) in [7, 11) is 1.98. The van der Waals surface area contributed by atoms with Crippen molar-refractivity contribution >= 4 is 0 Å². The van der Waals surface area contributed by atoms with Gasteiger partial charge in [-0.3, -0.25) is 0 Å². The summed E-state index contributed by atoms with van der Waals surface area (Å²) in [4.78, 5) is 4.28. The van der Waals surface area contributed by atoms with Gasteiger partial charge in [-0.05, 0) is 30.2 Å². The minimum atomic E-state index is 0.316. The third-order valence-corrected chi connectivity index (χ3v) is 2.60. The van der Waals surface area contributed by atoms with Crippen LogP contribution in [0.1, 0.15) is 17.0 Å². The Labute approximate surface area is 89.0 Å². The molecule has 0 saturated carbocycles. The summed E-state index contributed by atoms with van der Waals surface area (Å²) in [5.41, 5.74) is 2.29. The second kappa shape index (κ2) is 3.77. The maximum Gasteiger partial charge on any atom is 0.115 e. The maximum absolute atomic E-state index is 9.30. The summed E-state index contributed by atoms with van der Waals surface area (Å²) >= 11 is 0. The van der Waals surface area contributed by atoms with Crippen molar-refractivity contribution in [3.8, 4) is 5.75 Å². The molecule has 2 aromatic rings. The van der Waals surface area contributed by atoms with Crippen molar-refractivity contribution in [2.24, 2.45) is 7.05 Å². The third kappa shape index (κ3) is 2.01. The number of nitrogens with zero attached hydrogens (tertiary/aromatic N) is 2. The fraction of sp³-hybridized carbons (Fsp3) is 0.250. The lowest BCUT2D eigenvalue weighted by Gasteiger charge is -2.06. The zero-order valence-corrected chi connectivity index (χ0v) is 8.94. The van der Waals surface area contributed by atoms with Gasteiger partial charge in [0.05, 0.1) is 0 Å². The Bertz CT molecular complexity index is 474. The molecule has 15 heavy (non-hydrogen) atoms. The highest BCUT2D eigenvalue weighted by atomic mass is 16.3. The molecule has 1 aromatic carbocycles. The first-order valence-corrected chi connectivity index (χ1v) is 4.91. The van der Waals surface area contributed by atoms with Gasteiger partial charge in [-0.2, -0.15) is 0 Å². The molecule has 1 N–H and O–H groups in total. The van der Waals surface area contributed by atoms with E-state index in [0.717, 1.165) is 17.8 Å². The van der Waals surface area contributed by atoms with Gasteiger partial charge in [-0.1, -0.05) is 6.07 Å². The number of aromatic nitrogens is 2. The van der Waals surface area contributed by atoms with Gasteiger partial charge in [0, 0.05) is 25.9 Å². The van der Waals surface area contributed by atoms with E-state index >= 15 is 0 Å². The van der Waals surface area contributed by atoms with Crippen LogP contribution in [0.5, 0.6) is 5.75 Å². The van der Waals surface area contributed by atoms with Gasteiger partial charge < -0.3 is 9.67 Å². The predicted octanol–water partition coefficient (Wildman–Crippen LogP) is 2.02. The molecular weight excluding hydrogens is 188 g/mol. The lowest BCUT2D eigenvalue weighted by molar-refractivity contribution is 0.474. The van der Waals surface area contributed by atoms with Crippen LogP contribution in [0.2, 0.25) is 0 Å². The number of hydrogen-bond acceptors (Lipinski definition) is 2. The standard InChI is InChI=1S/C12H14N2O/c1-9-7-11(15)4-3-10(9)8-12-13-5-6-14(12)2/h3-7,15H,8H2,1-2H3. The molecule has 1 aromatic heterocycles. The fourth-order valence-electron chi connectivity index (χ4n) is 1.62. The zero-order chi connectivity index (χ0) is 10.8. The number of rotatable bonds is 2. The van der Waals surface area contributed by atoms with Gasteiger partial charge in [0.2, 0.25) is 0 Å². The van der Waals surface area contributed by atoms with E-state index in [0.29, 0.717) is 5.75 Å². The summed E-state index contributed by atoms with van der Waals surface area (Å²) in [6.07, 6.45) is 4.53. The highest BCUT2D eigenvalue weighted by Crippen LogP contribution is 2.17. The first kappa shape index (κ1) is 9.77. The molecule has 3 nitrogen and oxygen atoms in total. The molecule has 0 aliphatic carbocycles. The summed E-state index contributed by atoms with van der Waals surface area (Å²) in [5.74, 6) is 1.35. The van der Waals surface area contributed by atoms with Gasteiger partial charge in [0.15, 0.2) is 0 Å². The average Bonchev–Trinajstić information content (AvgIpc) is 2.57.